The van der Waals surface area contributed by atoms with E-state index in [1.54, 1.807) is 7.05 Å². The number of nitrogens with one attached hydrogen (secondary N) is 1. The molecule has 14 heavy (non-hydrogen) atoms. The third-order valence-electron chi connectivity index (χ3n) is 2.37. The fourth-order valence-corrected chi connectivity index (χ4v) is 1.77. The van der Waals surface area contributed by atoms with Crippen molar-refractivity contribution in [1.29, 1.82) is 0 Å². The maximum Gasteiger partial charge on any atom is 0.271 e. The van der Waals surface area contributed by atoms with Gasteiger partial charge in [-0.1, -0.05) is 13.8 Å². The largest absolute Gasteiger partial charge is 0.324 e. The van der Waals surface area contributed by atoms with Gasteiger partial charge in [0.05, 0.1) is 5.56 Å². The molecule has 3 N–H and O–H groups in total. The number of aromatic amines is 1. The SMILES string of the molecule is Cc1[nH]n(C)c(=O)c1C(N)CC(C)C. The number of aromatic nitrogens is 2. The van der Waals surface area contributed by atoms with Crippen LogP contribution in [0.2, 0.25) is 0 Å². The third-order valence-corrected chi connectivity index (χ3v) is 2.37. The Morgan fingerprint density at radius 2 is 2.07 bits per heavy atom. The Morgan fingerprint density at radius 3 is 2.43 bits per heavy atom. The molecule has 0 aliphatic rings. The van der Waals surface area contributed by atoms with Gasteiger partial charge >= 0.3 is 0 Å². The van der Waals surface area contributed by atoms with Gasteiger partial charge in [0.1, 0.15) is 0 Å². The first-order chi connectivity index (χ1) is 6.43. The summed E-state index contributed by atoms with van der Waals surface area (Å²) in [5.41, 5.74) is 7.58. The van der Waals surface area contributed by atoms with Crippen molar-refractivity contribution < 1.29 is 0 Å². The summed E-state index contributed by atoms with van der Waals surface area (Å²) >= 11 is 0. The predicted molar refractivity (Wildman–Crippen MR) is 57.2 cm³/mol. The Labute approximate surface area is 84.1 Å². The second-order valence-electron chi connectivity index (χ2n) is 4.25. The smallest absolute Gasteiger partial charge is 0.271 e. The number of rotatable bonds is 3. The molecule has 0 saturated heterocycles. The Balaban J connectivity index is 3.00. The molecule has 0 amide bonds. The molecule has 0 fully saturated rings. The van der Waals surface area contributed by atoms with Crippen molar-refractivity contribution in [3.63, 3.8) is 0 Å². The number of hydrogen-bond acceptors (Lipinski definition) is 2. The predicted octanol–water partition coefficient (Wildman–Crippen LogP) is 1.07. The fourth-order valence-electron chi connectivity index (χ4n) is 1.77. The molecule has 0 radical (unpaired) electrons. The summed E-state index contributed by atoms with van der Waals surface area (Å²) in [5, 5.41) is 2.95. The maximum atomic E-state index is 11.7. The minimum Gasteiger partial charge on any atom is -0.324 e. The van der Waals surface area contributed by atoms with E-state index in [2.05, 4.69) is 18.9 Å². The molecule has 4 heteroatoms. The number of H-pyrrole nitrogens is 1. The lowest BCUT2D eigenvalue weighted by molar-refractivity contribution is 0.506. The molecule has 1 aromatic heterocycles. The highest BCUT2D eigenvalue weighted by Crippen LogP contribution is 2.17. The van der Waals surface area contributed by atoms with Crippen LogP contribution in [0.5, 0.6) is 0 Å². The average molecular weight is 197 g/mol. The van der Waals surface area contributed by atoms with Crippen LogP contribution in [0.15, 0.2) is 4.79 Å². The number of aryl methyl sites for hydroxylation is 2. The normalized spacial score (nSPS) is 13.6. The van der Waals surface area contributed by atoms with Crippen LogP contribution in [0.1, 0.15) is 37.6 Å². The molecule has 0 aliphatic heterocycles. The molecule has 1 heterocycles. The van der Waals surface area contributed by atoms with Gasteiger partial charge in [0.25, 0.3) is 5.56 Å². The van der Waals surface area contributed by atoms with Gasteiger partial charge in [0.15, 0.2) is 0 Å². The van der Waals surface area contributed by atoms with Crippen LogP contribution >= 0.6 is 0 Å². The highest BCUT2D eigenvalue weighted by molar-refractivity contribution is 5.19. The Hall–Kier alpha value is -1.03. The van der Waals surface area contributed by atoms with Crippen LogP contribution in [0.25, 0.3) is 0 Å². The van der Waals surface area contributed by atoms with Crippen LogP contribution in [-0.4, -0.2) is 9.78 Å². The molecular weight excluding hydrogens is 178 g/mol. The van der Waals surface area contributed by atoms with Crippen LogP contribution in [0.3, 0.4) is 0 Å². The van der Waals surface area contributed by atoms with Gasteiger partial charge in [-0.25, -0.2) is 0 Å². The zero-order valence-corrected chi connectivity index (χ0v) is 9.29. The van der Waals surface area contributed by atoms with Crippen molar-refractivity contribution >= 4 is 0 Å². The first-order valence-corrected chi connectivity index (χ1v) is 4.94. The molecule has 80 valence electrons. The van der Waals surface area contributed by atoms with Gasteiger partial charge in [-0.3, -0.25) is 14.6 Å². The molecule has 1 atom stereocenters. The first kappa shape index (κ1) is 11.0. The van der Waals surface area contributed by atoms with Crippen LogP contribution in [-0.2, 0) is 7.05 Å². The molecule has 1 unspecified atom stereocenters. The van der Waals surface area contributed by atoms with Crippen LogP contribution in [0, 0.1) is 12.8 Å². The topological polar surface area (TPSA) is 63.8 Å². The lowest BCUT2D eigenvalue weighted by Gasteiger charge is -2.12. The van der Waals surface area contributed by atoms with E-state index >= 15 is 0 Å². The average Bonchev–Trinajstić information content (AvgIpc) is 2.25. The van der Waals surface area contributed by atoms with E-state index in [4.69, 9.17) is 5.73 Å². The van der Waals surface area contributed by atoms with Gasteiger partial charge in [-0.15, -0.1) is 0 Å². The lowest BCUT2D eigenvalue weighted by Crippen LogP contribution is -2.23. The highest BCUT2D eigenvalue weighted by atomic mass is 16.1. The maximum absolute atomic E-state index is 11.7. The summed E-state index contributed by atoms with van der Waals surface area (Å²) in [5.74, 6) is 0.504. The number of nitrogens with two attached hydrogens (primary N) is 1. The fraction of sp³-hybridized carbons (Fsp3) is 0.700. The summed E-state index contributed by atoms with van der Waals surface area (Å²) in [7, 11) is 1.71. The highest BCUT2D eigenvalue weighted by Gasteiger charge is 2.17. The first-order valence-electron chi connectivity index (χ1n) is 4.94. The molecule has 0 saturated carbocycles. The molecule has 0 aromatic carbocycles. The van der Waals surface area contributed by atoms with Gasteiger partial charge in [0, 0.05) is 18.8 Å². The summed E-state index contributed by atoms with van der Waals surface area (Å²) < 4.78 is 1.48. The molecule has 0 spiro atoms. The van der Waals surface area contributed by atoms with Crippen molar-refractivity contribution in [2.75, 3.05) is 0 Å². The molecule has 0 aliphatic carbocycles. The van der Waals surface area contributed by atoms with E-state index < -0.39 is 0 Å². The molecule has 1 rings (SSSR count). The lowest BCUT2D eigenvalue weighted by atomic mass is 9.98. The number of hydrogen-bond donors (Lipinski definition) is 2. The third kappa shape index (κ3) is 2.07. The van der Waals surface area contributed by atoms with Gasteiger partial charge in [0.2, 0.25) is 0 Å². The Morgan fingerprint density at radius 1 is 1.50 bits per heavy atom. The number of nitrogens with zero attached hydrogens (tertiary/aromatic N) is 1. The van der Waals surface area contributed by atoms with Crippen LogP contribution < -0.4 is 11.3 Å². The van der Waals surface area contributed by atoms with E-state index in [1.807, 2.05) is 6.92 Å². The van der Waals surface area contributed by atoms with Crippen molar-refractivity contribution in [3.05, 3.63) is 21.6 Å². The Kier molecular flexibility index (Phi) is 3.16. The van der Waals surface area contributed by atoms with Gasteiger partial charge < -0.3 is 5.73 Å². The summed E-state index contributed by atoms with van der Waals surface area (Å²) in [6, 6.07) is -0.153. The summed E-state index contributed by atoms with van der Waals surface area (Å²) in [6.45, 7) is 6.09. The summed E-state index contributed by atoms with van der Waals surface area (Å²) in [6.07, 6.45) is 0.841. The van der Waals surface area contributed by atoms with Gasteiger partial charge in [-0.05, 0) is 19.3 Å². The van der Waals surface area contributed by atoms with E-state index in [9.17, 15) is 4.79 Å². The van der Waals surface area contributed by atoms with Crippen molar-refractivity contribution in [1.82, 2.24) is 9.78 Å². The van der Waals surface area contributed by atoms with Gasteiger partial charge in [-0.2, -0.15) is 0 Å². The monoisotopic (exact) mass is 197 g/mol. The van der Waals surface area contributed by atoms with E-state index in [1.165, 1.54) is 4.68 Å². The Bertz CT molecular complexity index is 362. The molecule has 4 nitrogen and oxygen atoms in total. The second-order valence-corrected chi connectivity index (χ2v) is 4.25. The molecular formula is C10H19N3O. The zero-order chi connectivity index (χ0) is 10.9. The second kappa shape index (κ2) is 4.00. The van der Waals surface area contributed by atoms with Crippen molar-refractivity contribution in [2.45, 2.75) is 33.2 Å². The van der Waals surface area contributed by atoms with Crippen LogP contribution in [0.4, 0.5) is 0 Å². The van der Waals surface area contributed by atoms with Crippen molar-refractivity contribution in [3.8, 4) is 0 Å². The van der Waals surface area contributed by atoms with E-state index in [0.717, 1.165) is 17.7 Å². The minimum absolute atomic E-state index is 0.00403. The van der Waals surface area contributed by atoms with E-state index in [-0.39, 0.29) is 11.6 Å². The standard InChI is InChI=1S/C10H19N3O/c1-6(2)5-8(11)9-7(3)12-13(4)10(9)14/h6,8,12H,5,11H2,1-4H3. The van der Waals surface area contributed by atoms with Crippen molar-refractivity contribution in [2.24, 2.45) is 18.7 Å². The minimum atomic E-state index is -0.153. The molecule has 0 bridgehead atoms. The summed E-state index contributed by atoms with van der Waals surface area (Å²) in [4.78, 5) is 11.7. The molecule has 1 aromatic rings. The van der Waals surface area contributed by atoms with E-state index in [0.29, 0.717) is 5.92 Å². The quantitative estimate of drug-likeness (QED) is 0.761. The zero-order valence-electron chi connectivity index (χ0n) is 9.29.